The molecule has 0 aromatic rings. The van der Waals surface area contributed by atoms with Crippen LogP contribution in [-0.2, 0) is 10.3 Å². The van der Waals surface area contributed by atoms with Gasteiger partial charge in [0.25, 0.3) is 0 Å². The predicted octanol–water partition coefficient (Wildman–Crippen LogP) is 0.282. The molecule has 1 fully saturated rings. The standard InChI is InChI=1S/C6H14N2O3S/c9-12(10,11)7-8-5-3-1-2-4-6-8/h7H,1-6H2,(H,9,10,11)/p+1. The molecule has 72 valence electrons. The van der Waals surface area contributed by atoms with Crippen LogP contribution in [0.2, 0.25) is 0 Å². The van der Waals surface area contributed by atoms with Gasteiger partial charge in [0.2, 0.25) is 0 Å². The number of hydrogen-bond acceptors (Lipinski definition) is 3. The Kier molecular flexibility index (Phi) is 3.45. The molecule has 0 spiro atoms. The van der Waals surface area contributed by atoms with E-state index in [1.165, 1.54) is 0 Å². The largest absolute Gasteiger partial charge is 1.00 e. The summed E-state index contributed by atoms with van der Waals surface area (Å²) in [5.41, 5.74) is 0. The first-order valence-corrected chi connectivity index (χ1v) is 5.52. The first-order valence-electron chi connectivity index (χ1n) is 4.08. The minimum Gasteiger partial charge on any atom is -0.273 e. The van der Waals surface area contributed by atoms with Crippen LogP contribution >= 0.6 is 0 Å². The molecule has 6 heteroatoms. The van der Waals surface area contributed by atoms with Gasteiger partial charge in [-0.2, -0.15) is 8.42 Å². The molecule has 1 heterocycles. The average molecular weight is 195 g/mol. The van der Waals surface area contributed by atoms with Crippen LogP contribution in [0.25, 0.3) is 0 Å². The number of rotatable bonds is 2. The lowest BCUT2D eigenvalue weighted by molar-refractivity contribution is 0.239. The van der Waals surface area contributed by atoms with Crippen molar-refractivity contribution in [1.82, 2.24) is 9.84 Å². The summed E-state index contributed by atoms with van der Waals surface area (Å²) in [7, 11) is -4.06. The molecule has 0 unspecified atom stereocenters. The van der Waals surface area contributed by atoms with Gasteiger partial charge in [0, 0.05) is 13.1 Å². The first kappa shape index (κ1) is 9.91. The molecule has 1 rings (SSSR count). The summed E-state index contributed by atoms with van der Waals surface area (Å²) in [4.78, 5) is 2.06. The zero-order valence-corrected chi connectivity index (χ0v) is 7.68. The fraction of sp³-hybridized carbons (Fsp3) is 1.00. The summed E-state index contributed by atoms with van der Waals surface area (Å²) < 4.78 is 29.3. The van der Waals surface area contributed by atoms with Crippen molar-refractivity contribution in [3.05, 3.63) is 0 Å². The van der Waals surface area contributed by atoms with E-state index < -0.39 is 10.3 Å². The van der Waals surface area contributed by atoms with Gasteiger partial charge in [-0.1, -0.05) is 12.8 Å². The van der Waals surface area contributed by atoms with E-state index in [1.807, 2.05) is 0 Å². The van der Waals surface area contributed by atoms with Gasteiger partial charge in [0.1, 0.15) is 0 Å². The lowest BCUT2D eigenvalue weighted by Crippen LogP contribution is -2.42. The van der Waals surface area contributed by atoms with Crippen molar-refractivity contribution in [1.29, 1.82) is 0 Å². The molecule has 1 aliphatic heterocycles. The number of nitrogens with one attached hydrogen (secondary N) is 1. The van der Waals surface area contributed by atoms with Crippen LogP contribution in [0.1, 0.15) is 27.1 Å². The Morgan fingerprint density at radius 3 is 2.08 bits per heavy atom. The third-order valence-corrected chi connectivity index (χ3v) is 2.34. The highest BCUT2D eigenvalue weighted by Gasteiger charge is 2.13. The Labute approximate surface area is 74.1 Å². The van der Waals surface area contributed by atoms with Gasteiger partial charge in [-0.05, 0) is 12.8 Å². The zero-order chi connectivity index (χ0) is 9.03. The van der Waals surface area contributed by atoms with Gasteiger partial charge in [0.05, 0.1) is 0 Å². The molecular weight excluding hydrogens is 180 g/mol. The molecule has 0 amide bonds. The lowest BCUT2D eigenvalue weighted by Gasteiger charge is -2.17. The average Bonchev–Trinajstić information content (AvgIpc) is 2.12. The van der Waals surface area contributed by atoms with Gasteiger partial charge in [0.15, 0.2) is 0 Å². The monoisotopic (exact) mass is 195 g/mol. The van der Waals surface area contributed by atoms with E-state index in [0.717, 1.165) is 25.7 Å². The van der Waals surface area contributed by atoms with Crippen LogP contribution in [0, 0.1) is 0 Å². The van der Waals surface area contributed by atoms with E-state index in [9.17, 15) is 8.42 Å². The van der Waals surface area contributed by atoms with Crippen LogP contribution in [0.3, 0.4) is 0 Å². The van der Waals surface area contributed by atoms with E-state index in [0.29, 0.717) is 13.1 Å². The smallest absolute Gasteiger partial charge is 0.273 e. The molecule has 1 saturated heterocycles. The van der Waals surface area contributed by atoms with Crippen molar-refractivity contribution in [3.8, 4) is 0 Å². The van der Waals surface area contributed by atoms with Crippen LogP contribution in [0.4, 0.5) is 0 Å². The van der Waals surface area contributed by atoms with E-state index in [1.54, 1.807) is 5.01 Å². The Hall–Kier alpha value is -0.170. The lowest BCUT2D eigenvalue weighted by atomic mass is 10.2. The highest BCUT2D eigenvalue weighted by molar-refractivity contribution is 7.83. The molecule has 0 bridgehead atoms. The normalized spacial score (nSPS) is 22.1. The molecule has 0 atom stereocenters. The topological polar surface area (TPSA) is 69.6 Å². The maximum Gasteiger partial charge on any atom is 1.00 e. The van der Waals surface area contributed by atoms with E-state index in [-0.39, 0.29) is 1.43 Å². The Morgan fingerprint density at radius 1 is 1.17 bits per heavy atom. The Bertz CT molecular complexity index is 224. The highest BCUT2D eigenvalue weighted by Crippen LogP contribution is 2.07. The molecule has 2 N–H and O–H groups in total. The van der Waals surface area contributed by atoms with E-state index >= 15 is 0 Å². The fourth-order valence-electron chi connectivity index (χ4n) is 1.33. The quantitative estimate of drug-likeness (QED) is 0.621. The summed E-state index contributed by atoms with van der Waals surface area (Å²) in [6, 6.07) is 0. The first-order chi connectivity index (χ1) is 5.58. The minimum absolute atomic E-state index is 0. The summed E-state index contributed by atoms with van der Waals surface area (Å²) >= 11 is 0. The third-order valence-electron chi connectivity index (χ3n) is 1.85. The maximum atomic E-state index is 10.4. The second kappa shape index (κ2) is 4.18. The second-order valence-electron chi connectivity index (χ2n) is 2.97. The zero-order valence-electron chi connectivity index (χ0n) is 7.86. The SMILES string of the molecule is O=S(=O)(O)NN1CCCCCC1.[H+]. The molecule has 0 aromatic carbocycles. The second-order valence-corrected chi connectivity index (χ2v) is 4.10. The van der Waals surface area contributed by atoms with Gasteiger partial charge >= 0.3 is 11.7 Å². The van der Waals surface area contributed by atoms with Gasteiger partial charge in [-0.15, -0.1) is 4.83 Å². The highest BCUT2D eigenvalue weighted by atomic mass is 32.2. The van der Waals surface area contributed by atoms with Crippen molar-refractivity contribution in [2.45, 2.75) is 25.7 Å². The molecule has 0 saturated carbocycles. The molecule has 0 aromatic heterocycles. The van der Waals surface area contributed by atoms with Crippen LogP contribution in [0.5, 0.6) is 0 Å². The molecule has 0 aliphatic carbocycles. The molecule has 1 aliphatic rings. The Balaban J connectivity index is 0.00000144. The predicted molar refractivity (Wildman–Crippen MR) is 45.8 cm³/mol. The van der Waals surface area contributed by atoms with Crippen LogP contribution < -0.4 is 4.83 Å². The number of hydrogen-bond donors (Lipinski definition) is 2. The minimum atomic E-state index is -4.06. The number of hydrazine groups is 1. The Morgan fingerprint density at radius 2 is 1.67 bits per heavy atom. The van der Waals surface area contributed by atoms with E-state index in [2.05, 4.69) is 4.83 Å². The fourth-order valence-corrected chi connectivity index (χ4v) is 1.83. The summed E-state index contributed by atoms with van der Waals surface area (Å²) in [5.74, 6) is 0. The van der Waals surface area contributed by atoms with Crippen LogP contribution in [-0.4, -0.2) is 31.1 Å². The summed E-state index contributed by atoms with van der Waals surface area (Å²) in [6.07, 6.45) is 4.21. The van der Waals surface area contributed by atoms with E-state index in [4.69, 9.17) is 4.55 Å². The number of nitrogens with zero attached hydrogens (tertiary/aromatic N) is 1. The van der Waals surface area contributed by atoms with Gasteiger partial charge < -0.3 is 0 Å². The summed E-state index contributed by atoms with van der Waals surface area (Å²) in [5, 5.41) is 1.54. The molecular formula is C6H15N2O3S+. The van der Waals surface area contributed by atoms with Crippen molar-refractivity contribution >= 4 is 10.3 Å². The van der Waals surface area contributed by atoms with Gasteiger partial charge in [-0.25, -0.2) is 5.01 Å². The van der Waals surface area contributed by atoms with Crippen molar-refractivity contribution in [3.63, 3.8) is 0 Å². The van der Waals surface area contributed by atoms with Crippen molar-refractivity contribution < 1.29 is 14.4 Å². The van der Waals surface area contributed by atoms with Crippen LogP contribution in [0.15, 0.2) is 0 Å². The van der Waals surface area contributed by atoms with Gasteiger partial charge in [-0.3, -0.25) is 4.55 Å². The summed E-state index contributed by atoms with van der Waals surface area (Å²) in [6.45, 7) is 1.36. The van der Waals surface area contributed by atoms with Crippen molar-refractivity contribution in [2.24, 2.45) is 0 Å². The maximum absolute atomic E-state index is 10.4. The van der Waals surface area contributed by atoms with Crippen molar-refractivity contribution in [2.75, 3.05) is 13.1 Å². The molecule has 0 radical (unpaired) electrons. The molecule has 12 heavy (non-hydrogen) atoms. The molecule has 5 nitrogen and oxygen atoms in total. The third kappa shape index (κ3) is 4.01.